The van der Waals surface area contributed by atoms with Crippen LogP contribution in [0.25, 0.3) is 0 Å². The fourth-order valence-electron chi connectivity index (χ4n) is 7.13. The molecule has 2 aromatic carbocycles. The number of hydrogen-bond acceptors (Lipinski definition) is 13. The van der Waals surface area contributed by atoms with E-state index in [1.807, 2.05) is 6.26 Å². The number of amides is 7. The molecule has 7 atom stereocenters. The molecule has 17 N–H and O–H groups in total. The normalized spacial score (nSPS) is 16.1. The van der Waals surface area contributed by atoms with Crippen molar-refractivity contribution in [3.05, 3.63) is 65.7 Å². The lowest BCUT2D eigenvalue weighted by Gasteiger charge is -2.30. The Morgan fingerprint density at radius 2 is 1.31 bits per heavy atom. The minimum Gasteiger partial charge on any atom is -0.508 e. The number of nitrogens with zero attached hydrogens (tertiary/aromatic N) is 2. The Morgan fingerprint density at radius 1 is 0.738 bits per heavy atom. The maximum absolute atomic E-state index is 14.3. The smallest absolute Gasteiger partial charge is 0.245 e. The molecule has 3 rings (SSSR count). The molecule has 358 valence electrons. The van der Waals surface area contributed by atoms with E-state index in [9.17, 15) is 43.8 Å². The highest BCUT2D eigenvalue weighted by atomic mass is 32.2. The molecule has 0 radical (unpaired) electrons. The van der Waals surface area contributed by atoms with Crippen LogP contribution in [0.4, 0.5) is 0 Å². The first kappa shape index (κ1) is 53.4. The number of aliphatic hydroxyl groups is 1. The van der Waals surface area contributed by atoms with Gasteiger partial charge in [0, 0.05) is 25.9 Å². The molecule has 0 aromatic heterocycles. The second kappa shape index (κ2) is 28.0. The second-order valence-electron chi connectivity index (χ2n) is 15.8. The Kier molecular flexibility index (Phi) is 23.0. The molecule has 1 fully saturated rings. The second-order valence-corrected chi connectivity index (χ2v) is 16.7. The van der Waals surface area contributed by atoms with Crippen molar-refractivity contribution in [2.45, 2.75) is 107 Å². The van der Waals surface area contributed by atoms with E-state index in [1.165, 1.54) is 28.8 Å². The molecule has 1 aliphatic heterocycles. The summed E-state index contributed by atoms with van der Waals surface area (Å²) in [5, 5.41) is 32.9. The minimum absolute atomic E-state index is 0.0279. The summed E-state index contributed by atoms with van der Waals surface area (Å²) < 4.78 is 0. The monoisotopic (exact) mass is 926 g/mol. The molecule has 22 heteroatoms. The maximum Gasteiger partial charge on any atom is 0.245 e. The van der Waals surface area contributed by atoms with E-state index in [0.29, 0.717) is 37.1 Å². The van der Waals surface area contributed by atoms with Crippen molar-refractivity contribution in [3.63, 3.8) is 0 Å². The third kappa shape index (κ3) is 18.2. The molecule has 65 heavy (non-hydrogen) atoms. The van der Waals surface area contributed by atoms with Crippen molar-refractivity contribution in [2.75, 3.05) is 38.2 Å². The van der Waals surface area contributed by atoms with Crippen LogP contribution in [0.2, 0.25) is 0 Å². The number of carbonyl (C=O) groups excluding carboxylic acids is 7. The average molecular weight is 927 g/mol. The van der Waals surface area contributed by atoms with Crippen LogP contribution in [0.3, 0.4) is 0 Å². The van der Waals surface area contributed by atoms with Gasteiger partial charge in [0.05, 0.1) is 6.61 Å². The standard InChI is InChI=1S/C43H66N12O9S/c1-65-22-18-31(39(61)50-30(12-7-20-49-43(47)48)38(60)53-33(36(46)58)23-26-9-3-2-4-10-26)51-40(62)34(24-27-14-16-28(57)17-15-27)54-41(63)35-13-8-21-55(35)42(64)32(11-5-6-19-44)52-37(59)29(45)25-56/h2-4,9-10,14-17,29-35,56-57H,5-8,11-13,18-25,44-45H2,1H3,(H2,46,58)(H,50,61)(H,51,62)(H,52,59)(H,53,60)(H,54,63)(H4,47,48,49)/t29-,30-,31-,32-,33-,34-,35-/m0/s1. The fourth-order valence-corrected chi connectivity index (χ4v) is 7.60. The van der Waals surface area contributed by atoms with Crippen LogP contribution in [0, 0.1) is 0 Å². The largest absolute Gasteiger partial charge is 0.508 e. The molecule has 7 amide bonds. The van der Waals surface area contributed by atoms with E-state index in [1.54, 1.807) is 42.5 Å². The summed E-state index contributed by atoms with van der Waals surface area (Å²) in [6.45, 7) is 0.0259. The zero-order valence-electron chi connectivity index (χ0n) is 36.8. The van der Waals surface area contributed by atoms with Gasteiger partial charge in [0.25, 0.3) is 0 Å². The summed E-state index contributed by atoms with van der Waals surface area (Å²) in [7, 11) is 0. The molecular weight excluding hydrogens is 861 g/mol. The molecule has 1 aliphatic rings. The number of carbonyl (C=O) groups is 7. The lowest BCUT2D eigenvalue weighted by atomic mass is 10.0. The van der Waals surface area contributed by atoms with Crippen LogP contribution < -0.4 is 55.3 Å². The van der Waals surface area contributed by atoms with Gasteiger partial charge in [-0.1, -0.05) is 42.5 Å². The van der Waals surface area contributed by atoms with E-state index in [0.717, 1.165) is 5.56 Å². The Morgan fingerprint density at radius 3 is 1.91 bits per heavy atom. The van der Waals surface area contributed by atoms with Crippen molar-refractivity contribution >= 4 is 59.1 Å². The number of primary amides is 1. The third-order valence-corrected chi connectivity index (χ3v) is 11.4. The number of aliphatic imine (C=N–C) groups is 1. The van der Waals surface area contributed by atoms with Crippen molar-refractivity contribution in [1.29, 1.82) is 0 Å². The van der Waals surface area contributed by atoms with Crippen molar-refractivity contribution in [3.8, 4) is 5.75 Å². The number of guanidine groups is 1. The number of nitrogens with two attached hydrogens (primary N) is 5. The van der Waals surface area contributed by atoms with Crippen molar-refractivity contribution in [1.82, 2.24) is 31.5 Å². The predicted molar refractivity (Wildman–Crippen MR) is 246 cm³/mol. The Labute approximate surface area is 383 Å². The van der Waals surface area contributed by atoms with Gasteiger partial charge in [0.2, 0.25) is 41.4 Å². The number of benzene rings is 2. The number of likely N-dealkylation sites (tertiary alicyclic amines) is 1. The minimum atomic E-state index is -1.30. The number of unbranched alkanes of at least 4 members (excludes halogenated alkanes) is 1. The first-order valence-corrected chi connectivity index (χ1v) is 23.0. The Hall–Kier alpha value is -5.97. The first-order valence-electron chi connectivity index (χ1n) is 21.6. The van der Waals surface area contributed by atoms with Crippen LogP contribution in [0.5, 0.6) is 5.75 Å². The number of aromatic hydroxyl groups is 1. The van der Waals surface area contributed by atoms with Gasteiger partial charge in [-0.15, -0.1) is 0 Å². The topological polar surface area (TPSA) is 366 Å². The molecular formula is C43H66N12O9S. The van der Waals surface area contributed by atoms with Crippen molar-refractivity contribution in [2.24, 2.45) is 33.7 Å². The van der Waals surface area contributed by atoms with Gasteiger partial charge in [-0.05, 0) is 93.2 Å². The van der Waals surface area contributed by atoms with Crippen LogP contribution >= 0.6 is 11.8 Å². The highest BCUT2D eigenvalue weighted by molar-refractivity contribution is 7.98. The van der Waals surface area contributed by atoms with Gasteiger partial charge < -0.3 is 70.4 Å². The molecule has 1 heterocycles. The summed E-state index contributed by atoms with van der Waals surface area (Å²) in [5.74, 6) is -4.69. The fraction of sp³-hybridized carbons (Fsp3) is 0.535. The van der Waals surface area contributed by atoms with E-state index >= 15 is 0 Å². The van der Waals surface area contributed by atoms with Gasteiger partial charge in [-0.3, -0.25) is 38.6 Å². The number of aliphatic hydroxyl groups excluding tert-OH is 1. The lowest BCUT2D eigenvalue weighted by Crippen LogP contribution is -2.60. The zero-order valence-corrected chi connectivity index (χ0v) is 37.6. The SMILES string of the molecule is CSCC[C@H](NC(=O)[C@H](Cc1ccc(O)cc1)NC(=O)[C@@H]1CCCN1C(=O)[C@H](CCCCN)NC(=O)[C@@H](N)CO)C(=O)N[C@@H](CCCN=C(N)N)C(=O)N[C@@H](Cc1ccccc1)C(N)=O. The predicted octanol–water partition coefficient (Wildman–Crippen LogP) is -2.67. The quantitative estimate of drug-likeness (QED) is 0.0236. The summed E-state index contributed by atoms with van der Waals surface area (Å²) in [6, 6.07) is 6.67. The summed E-state index contributed by atoms with van der Waals surface area (Å²) >= 11 is 1.41. The van der Waals surface area contributed by atoms with Crippen LogP contribution in [-0.4, -0.2) is 143 Å². The van der Waals surface area contributed by atoms with Crippen molar-refractivity contribution < 1.29 is 43.8 Å². The molecule has 0 saturated carbocycles. The zero-order chi connectivity index (χ0) is 47.9. The number of phenolic OH excluding ortho intramolecular Hbond substituents is 1. The number of rotatable bonds is 28. The number of nitrogens with one attached hydrogen (secondary N) is 5. The molecule has 0 unspecified atom stereocenters. The molecule has 0 aliphatic carbocycles. The summed E-state index contributed by atoms with van der Waals surface area (Å²) in [5.41, 5.74) is 29.3. The van der Waals surface area contributed by atoms with Gasteiger partial charge in [0.15, 0.2) is 5.96 Å². The molecule has 1 saturated heterocycles. The summed E-state index contributed by atoms with van der Waals surface area (Å²) in [6.07, 6.45) is 4.16. The third-order valence-electron chi connectivity index (χ3n) is 10.7. The highest BCUT2D eigenvalue weighted by Crippen LogP contribution is 2.21. The van der Waals surface area contributed by atoms with Crippen LogP contribution in [-0.2, 0) is 46.4 Å². The van der Waals surface area contributed by atoms with Gasteiger partial charge in [-0.25, -0.2) is 0 Å². The number of hydrogen-bond donors (Lipinski definition) is 12. The van der Waals surface area contributed by atoms with Gasteiger partial charge in [-0.2, -0.15) is 11.8 Å². The van der Waals surface area contributed by atoms with Crippen LogP contribution in [0.15, 0.2) is 59.6 Å². The van der Waals surface area contributed by atoms with E-state index in [4.69, 9.17) is 28.7 Å². The Balaban J connectivity index is 1.88. The Bertz CT molecular complexity index is 1910. The van der Waals surface area contributed by atoms with E-state index in [2.05, 4.69) is 31.6 Å². The molecule has 21 nitrogen and oxygen atoms in total. The molecule has 0 spiro atoms. The number of phenols is 1. The molecule has 2 aromatic rings. The van der Waals surface area contributed by atoms with Crippen LogP contribution in [0.1, 0.15) is 62.5 Å². The first-order chi connectivity index (χ1) is 31.1. The maximum atomic E-state index is 14.3. The highest BCUT2D eigenvalue weighted by Gasteiger charge is 2.40. The lowest BCUT2D eigenvalue weighted by molar-refractivity contribution is -0.142. The number of thioether (sulfide) groups is 1. The molecule has 0 bridgehead atoms. The van der Waals surface area contributed by atoms with E-state index < -0.39 is 90.3 Å². The van der Waals surface area contributed by atoms with Gasteiger partial charge in [0.1, 0.15) is 48.0 Å². The summed E-state index contributed by atoms with van der Waals surface area (Å²) in [4.78, 5) is 101. The van der Waals surface area contributed by atoms with E-state index in [-0.39, 0.29) is 69.7 Å². The average Bonchev–Trinajstić information content (AvgIpc) is 3.78. The van der Waals surface area contributed by atoms with Gasteiger partial charge >= 0.3 is 0 Å².